The van der Waals surface area contributed by atoms with E-state index in [2.05, 4.69) is 12.0 Å². The number of ether oxygens (including phenoxy) is 1. The Bertz CT molecular complexity index is 665. The molecule has 0 unspecified atom stereocenters. The van der Waals surface area contributed by atoms with E-state index in [-0.39, 0.29) is 0 Å². The normalized spacial score (nSPS) is 10.6. The lowest BCUT2D eigenvalue weighted by molar-refractivity contribution is -0.756. The molecule has 1 heterocycles. The SMILES string of the molecule is CCCCc1cn(CCc2ccc(OC)cc2)[n+]([O-])nc1=O. The minimum absolute atomic E-state index is 0.376. The van der Waals surface area contributed by atoms with Gasteiger partial charge in [0.25, 0.3) is 0 Å². The van der Waals surface area contributed by atoms with Crippen molar-refractivity contribution >= 4 is 0 Å². The molecule has 6 heteroatoms. The molecule has 0 radical (unpaired) electrons. The number of aromatic nitrogens is 3. The van der Waals surface area contributed by atoms with Crippen LogP contribution in [0.4, 0.5) is 0 Å². The Kier molecular flexibility index (Phi) is 5.52. The molecule has 0 aliphatic rings. The number of nitrogens with zero attached hydrogens (tertiary/aromatic N) is 3. The molecule has 0 saturated heterocycles. The molecule has 1 aromatic heterocycles. The predicted octanol–water partition coefficient (Wildman–Crippen LogP) is 1.47. The fourth-order valence-corrected chi connectivity index (χ4v) is 2.21. The summed E-state index contributed by atoms with van der Waals surface area (Å²) in [5.74, 6) is 0.800. The van der Waals surface area contributed by atoms with Crippen LogP contribution in [0, 0.1) is 5.21 Å². The maximum atomic E-state index is 11.7. The topological polar surface area (TPSA) is 71.1 Å². The fourth-order valence-electron chi connectivity index (χ4n) is 2.21. The highest BCUT2D eigenvalue weighted by atomic mass is 16.5. The quantitative estimate of drug-likeness (QED) is 0.573. The molecule has 0 saturated carbocycles. The highest BCUT2D eigenvalue weighted by molar-refractivity contribution is 5.27. The van der Waals surface area contributed by atoms with E-state index >= 15 is 0 Å². The first-order valence-corrected chi connectivity index (χ1v) is 7.47. The minimum atomic E-state index is -0.427. The van der Waals surface area contributed by atoms with Gasteiger partial charge in [0.15, 0.2) is 0 Å². The van der Waals surface area contributed by atoms with E-state index in [1.54, 1.807) is 13.3 Å². The monoisotopic (exact) mass is 303 g/mol. The molecule has 118 valence electrons. The van der Waals surface area contributed by atoms with Crippen LogP contribution in [0.1, 0.15) is 30.9 Å². The molecule has 0 aliphatic carbocycles. The highest BCUT2D eigenvalue weighted by Crippen LogP contribution is 2.12. The van der Waals surface area contributed by atoms with E-state index in [0.717, 1.165) is 24.2 Å². The molecular formula is C16H21N3O3. The Balaban J connectivity index is 2.09. The van der Waals surface area contributed by atoms with Crippen LogP contribution in [0.2, 0.25) is 0 Å². The molecule has 6 nitrogen and oxygen atoms in total. The van der Waals surface area contributed by atoms with Crippen LogP contribution in [0.25, 0.3) is 0 Å². The second kappa shape index (κ2) is 7.59. The third-order valence-electron chi connectivity index (χ3n) is 3.56. The summed E-state index contributed by atoms with van der Waals surface area (Å²) in [5.41, 5.74) is 1.27. The van der Waals surface area contributed by atoms with Gasteiger partial charge in [0.05, 0.1) is 25.0 Å². The molecule has 1 aromatic carbocycles. The van der Waals surface area contributed by atoms with Gasteiger partial charge in [0, 0.05) is 10.5 Å². The minimum Gasteiger partial charge on any atom is -0.571 e. The lowest BCUT2D eigenvalue weighted by Gasteiger charge is -2.07. The average Bonchev–Trinajstić information content (AvgIpc) is 2.53. The summed E-state index contributed by atoms with van der Waals surface area (Å²) in [6.45, 7) is 2.54. The van der Waals surface area contributed by atoms with Crippen molar-refractivity contribution in [2.45, 2.75) is 39.2 Å². The second-order valence-corrected chi connectivity index (χ2v) is 5.18. The number of unbranched alkanes of at least 4 members (excludes halogenated alkanes) is 1. The zero-order valence-corrected chi connectivity index (χ0v) is 13.0. The van der Waals surface area contributed by atoms with Crippen molar-refractivity contribution in [1.82, 2.24) is 9.78 Å². The molecule has 0 spiro atoms. The summed E-state index contributed by atoms with van der Waals surface area (Å²) in [4.78, 5) is 12.1. The molecule has 0 atom stereocenters. The highest BCUT2D eigenvalue weighted by Gasteiger charge is 2.10. The fraction of sp³-hybridized carbons (Fsp3) is 0.438. The van der Waals surface area contributed by atoms with Crippen molar-refractivity contribution in [3.63, 3.8) is 0 Å². The molecule has 22 heavy (non-hydrogen) atoms. The zero-order chi connectivity index (χ0) is 15.9. The molecule has 2 rings (SSSR count). The third-order valence-corrected chi connectivity index (χ3v) is 3.56. The van der Waals surface area contributed by atoms with Gasteiger partial charge in [0.2, 0.25) is 0 Å². The smallest absolute Gasteiger partial charge is 0.341 e. The summed E-state index contributed by atoms with van der Waals surface area (Å²) in [6.07, 6.45) is 4.88. The van der Waals surface area contributed by atoms with E-state index < -0.39 is 5.56 Å². The largest absolute Gasteiger partial charge is 0.571 e. The predicted molar refractivity (Wildman–Crippen MR) is 82.8 cm³/mol. The van der Waals surface area contributed by atoms with Crippen LogP contribution < -0.4 is 15.3 Å². The first-order chi connectivity index (χ1) is 10.6. The van der Waals surface area contributed by atoms with Crippen LogP contribution in [-0.2, 0) is 19.4 Å². The van der Waals surface area contributed by atoms with Crippen molar-refractivity contribution in [2.75, 3.05) is 7.11 Å². The van der Waals surface area contributed by atoms with Gasteiger partial charge in [0.1, 0.15) is 5.75 Å². The molecule has 0 bridgehead atoms. The molecule has 0 aliphatic heterocycles. The number of hydrogen-bond acceptors (Lipinski definition) is 4. The number of methoxy groups -OCH3 is 1. The van der Waals surface area contributed by atoms with Crippen molar-refractivity contribution < 1.29 is 9.70 Å². The first-order valence-electron chi connectivity index (χ1n) is 7.47. The van der Waals surface area contributed by atoms with Crippen molar-refractivity contribution in [1.29, 1.82) is 0 Å². The number of benzene rings is 1. The van der Waals surface area contributed by atoms with Crippen LogP contribution >= 0.6 is 0 Å². The molecule has 2 aromatic rings. The zero-order valence-electron chi connectivity index (χ0n) is 13.0. The van der Waals surface area contributed by atoms with E-state index in [4.69, 9.17) is 4.74 Å². The second-order valence-electron chi connectivity index (χ2n) is 5.18. The molecule has 0 fully saturated rings. The molecule has 0 N–H and O–H groups in total. The van der Waals surface area contributed by atoms with Crippen molar-refractivity contribution in [3.8, 4) is 5.75 Å². The van der Waals surface area contributed by atoms with Gasteiger partial charge in [-0.25, -0.2) is 0 Å². The van der Waals surface area contributed by atoms with Gasteiger partial charge in [-0.15, -0.1) is 4.68 Å². The van der Waals surface area contributed by atoms with Crippen LogP contribution in [0.15, 0.2) is 35.3 Å². The van der Waals surface area contributed by atoms with E-state index in [0.29, 0.717) is 29.9 Å². The summed E-state index contributed by atoms with van der Waals surface area (Å²) in [7, 11) is 1.62. The summed E-state index contributed by atoms with van der Waals surface area (Å²) in [6, 6.07) is 7.69. The number of hydrogen-bond donors (Lipinski definition) is 0. The summed E-state index contributed by atoms with van der Waals surface area (Å²) < 4.78 is 6.55. The van der Waals surface area contributed by atoms with Gasteiger partial charge in [-0.2, -0.15) is 0 Å². The van der Waals surface area contributed by atoms with E-state index in [9.17, 15) is 10.0 Å². The summed E-state index contributed by atoms with van der Waals surface area (Å²) >= 11 is 0. The first kappa shape index (κ1) is 16.0. The Morgan fingerprint density at radius 3 is 2.64 bits per heavy atom. The lowest BCUT2D eigenvalue weighted by atomic mass is 10.1. The van der Waals surface area contributed by atoms with Crippen LogP contribution in [0.3, 0.4) is 0 Å². The average molecular weight is 303 g/mol. The molecule has 0 amide bonds. The number of rotatable bonds is 7. The van der Waals surface area contributed by atoms with Crippen molar-refractivity contribution in [3.05, 3.63) is 57.2 Å². The lowest BCUT2D eigenvalue weighted by Crippen LogP contribution is -2.49. The van der Waals surface area contributed by atoms with Gasteiger partial charge in [-0.1, -0.05) is 25.5 Å². The van der Waals surface area contributed by atoms with Gasteiger partial charge < -0.3 is 9.94 Å². The van der Waals surface area contributed by atoms with Gasteiger partial charge >= 0.3 is 5.56 Å². The van der Waals surface area contributed by atoms with E-state index in [1.807, 2.05) is 24.3 Å². The van der Waals surface area contributed by atoms with Crippen LogP contribution in [-0.4, -0.2) is 16.9 Å². The van der Waals surface area contributed by atoms with Crippen LogP contribution in [0.5, 0.6) is 5.75 Å². The van der Waals surface area contributed by atoms with Gasteiger partial charge in [-0.05, 0) is 37.0 Å². The maximum absolute atomic E-state index is 11.7. The summed E-state index contributed by atoms with van der Waals surface area (Å²) in [5, 5.41) is 15.3. The standard InChI is InChI=1S/C16H21N3O3/c1-3-4-5-14-12-18(19(21)17-16(14)20)11-10-13-6-8-15(22-2)9-7-13/h6-9,12H,3-5,10-11H2,1-2H3. The van der Waals surface area contributed by atoms with Crippen molar-refractivity contribution in [2.24, 2.45) is 0 Å². The Hall–Kier alpha value is -2.37. The third kappa shape index (κ3) is 4.07. The Labute approximate surface area is 129 Å². The Morgan fingerprint density at radius 2 is 2.00 bits per heavy atom. The number of aryl methyl sites for hydroxylation is 3. The Morgan fingerprint density at radius 1 is 1.27 bits per heavy atom. The van der Waals surface area contributed by atoms with E-state index in [1.165, 1.54) is 4.68 Å². The van der Waals surface area contributed by atoms with Gasteiger partial charge in [-0.3, -0.25) is 4.79 Å². The molecular weight excluding hydrogens is 282 g/mol. The maximum Gasteiger partial charge on any atom is 0.341 e.